The third-order valence-electron chi connectivity index (χ3n) is 5.53. The molecule has 0 bridgehead atoms. The van der Waals surface area contributed by atoms with Crippen LogP contribution in [0.3, 0.4) is 0 Å². The number of hydrogen-bond acceptors (Lipinski definition) is 5. The van der Waals surface area contributed by atoms with Gasteiger partial charge in [-0.1, -0.05) is 0 Å². The highest BCUT2D eigenvalue weighted by Crippen LogP contribution is 2.33. The lowest BCUT2D eigenvalue weighted by molar-refractivity contribution is -0.117. The van der Waals surface area contributed by atoms with Crippen molar-refractivity contribution < 1.29 is 18.7 Å². The van der Waals surface area contributed by atoms with Crippen molar-refractivity contribution >= 4 is 34.3 Å². The molecule has 0 saturated heterocycles. The number of anilines is 2. The lowest BCUT2D eigenvalue weighted by Gasteiger charge is -2.15. The summed E-state index contributed by atoms with van der Waals surface area (Å²) in [7, 11) is 1.53. The van der Waals surface area contributed by atoms with Crippen LogP contribution in [0.1, 0.15) is 24.1 Å². The molecule has 1 aliphatic rings. The van der Waals surface area contributed by atoms with Crippen molar-refractivity contribution in [3.8, 4) is 11.1 Å². The van der Waals surface area contributed by atoms with Crippen LogP contribution >= 0.6 is 0 Å². The topological polar surface area (TPSA) is 105 Å². The first-order valence-electron chi connectivity index (χ1n) is 10.8. The van der Waals surface area contributed by atoms with E-state index in [1.807, 2.05) is 13.0 Å². The molecule has 1 aliphatic carbocycles. The molecule has 33 heavy (non-hydrogen) atoms. The van der Waals surface area contributed by atoms with Gasteiger partial charge in [-0.25, -0.2) is 14.2 Å². The Morgan fingerprint density at radius 1 is 1.12 bits per heavy atom. The highest BCUT2D eigenvalue weighted by Gasteiger charge is 2.29. The Hall–Kier alpha value is -3.59. The highest BCUT2D eigenvalue weighted by molar-refractivity contribution is 5.95. The van der Waals surface area contributed by atoms with E-state index in [-0.39, 0.29) is 17.5 Å². The second-order valence-corrected chi connectivity index (χ2v) is 8.17. The van der Waals surface area contributed by atoms with Crippen LogP contribution in [0.5, 0.6) is 0 Å². The molecule has 0 aliphatic heterocycles. The number of urea groups is 1. The predicted molar refractivity (Wildman–Crippen MR) is 125 cm³/mol. The summed E-state index contributed by atoms with van der Waals surface area (Å²) in [6, 6.07) is 6.16. The molecule has 9 heteroatoms. The standard InChI is InChI=1S/C24H26FN5O3/c1-13-8-19(25)21(29-24(32)26-6-7-33-3)10-17(13)18-9-16-12-27-22(11-20(16)28-14(18)2)30-23(31)15-4-5-15/h8-12,15H,4-7H2,1-3H3,(H2,26,29,32)(H,27,30,31). The van der Waals surface area contributed by atoms with Gasteiger partial charge in [-0.05, 0) is 56.0 Å². The number of carbonyl (C=O) groups is 2. The van der Waals surface area contributed by atoms with Crippen molar-refractivity contribution in [1.29, 1.82) is 0 Å². The number of carbonyl (C=O) groups excluding carboxylic acids is 2. The quantitative estimate of drug-likeness (QED) is 0.468. The van der Waals surface area contributed by atoms with Gasteiger partial charge in [0.25, 0.3) is 0 Å². The Kier molecular flexibility index (Phi) is 6.50. The number of nitrogens with one attached hydrogen (secondary N) is 3. The molecule has 172 valence electrons. The monoisotopic (exact) mass is 451 g/mol. The molecule has 2 aromatic heterocycles. The molecule has 0 radical (unpaired) electrons. The van der Waals surface area contributed by atoms with Crippen LogP contribution in [0, 0.1) is 25.6 Å². The second-order valence-electron chi connectivity index (χ2n) is 8.17. The van der Waals surface area contributed by atoms with Gasteiger partial charge in [0.2, 0.25) is 5.91 Å². The Bertz CT molecular complexity index is 1230. The summed E-state index contributed by atoms with van der Waals surface area (Å²) >= 11 is 0. The van der Waals surface area contributed by atoms with Crippen molar-refractivity contribution in [1.82, 2.24) is 15.3 Å². The zero-order chi connectivity index (χ0) is 23.5. The van der Waals surface area contributed by atoms with Gasteiger partial charge in [0.05, 0.1) is 17.8 Å². The first-order valence-corrected chi connectivity index (χ1v) is 10.8. The number of methoxy groups -OCH3 is 1. The number of pyridine rings is 2. The summed E-state index contributed by atoms with van der Waals surface area (Å²) in [5.74, 6) is 0.0274. The van der Waals surface area contributed by atoms with Gasteiger partial charge in [-0.2, -0.15) is 0 Å². The predicted octanol–water partition coefficient (Wildman–Crippen LogP) is 4.17. The number of aromatic nitrogens is 2. The van der Waals surface area contributed by atoms with E-state index in [2.05, 4.69) is 25.9 Å². The van der Waals surface area contributed by atoms with Crippen molar-refractivity contribution in [2.45, 2.75) is 26.7 Å². The lowest BCUT2D eigenvalue weighted by atomic mass is 9.97. The van der Waals surface area contributed by atoms with Gasteiger partial charge in [-0.15, -0.1) is 0 Å². The van der Waals surface area contributed by atoms with Crippen molar-refractivity contribution in [3.63, 3.8) is 0 Å². The molecule has 0 unspecified atom stereocenters. The molecule has 0 spiro atoms. The summed E-state index contributed by atoms with van der Waals surface area (Å²) in [6.07, 6.45) is 3.50. The number of ether oxygens (including phenoxy) is 1. The number of halogens is 1. The van der Waals surface area contributed by atoms with Crippen LogP contribution in [0.2, 0.25) is 0 Å². The Labute approximate surface area is 191 Å². The summed E-state index contributed by atoms with van der Waals surface area (Å²) in [6.45, 7) is 4.34. The van der Waals surface area contributed by atoms with Crippen LogP contribution in [0.25, 0.3) is 22.0 Å². The second kappa shape index (κ2) is 9.50. The van der Waals surface area contributed by atoms with Gasteiger partial charge >= 0.3 is 6.03 Å². The average molecular weight is 452 g/mol. The van der Waals surface area contributed by atoms with E-state index in [1.54, 1.807) is 25.3 Å². The first kappa shape index (κ1) is 22.6. The van der Waals surface area contributed by atoms with E-state index in [9.17, 15) is 14.0 Å². The molecule has 3 aromatic rings. The summed E-state index contributed by atoms with van der Waals surface area (Å²) in [5, 5.41) is 8.78. The van der Waals surface area contributed by atoms with Gasteiger partial charge in [-0.3, -0.25) is 9.78 Å². The zero-order valence-electron chi connectivity index (χ0n) is 18.8. The van der Waals surface area contributed by atoms with E-state index in [4.69, 9.17) is 4.74 Å². The van der Waals surface area contributed by atoms with Gasteiger partial charge in [0, 0.05) is 48.5 Å². The number of rotatable bonds is 7. The number of amides is 3. The summed E-state index contributed by atoms with van der Waals surface area (Å²) in [5.41, 5.74) is 3.78. The van der Waals surface area contributed by atoms with Crippen LogP contribution in [0.4, 0.5) is 20.7 Å². The SMILES string of the molecule is COCCNC(=O)Nc1cc(-c2cc3cnc(NC(=O)C4CC4)cc3nc2C)c(C)cc1F. The smallest absolute Gasteiger partial charge is 0.319 e. The Morgan fingerprint density at radius 2 is 1.91 bits per heavy atom. The minimum absolute atomic E-state index is 0.0107. The maximum atomic E-state index is 14.5. The molecule has 2 heterocycles. The maximum absolute atomic E-state index is 14.5. The molecule has 1 aromatic carbocycles. The fourth-order valence-electron chi connectivity index (χ4n) is 3.57. The Morgan fingerprint density at radius 3 is 2.64 bits per heavy atom. The van der Waals surface area contributed by atoms with E-state index in [0.717, 1.165) is 35.0 Å². The zero-order valence-corrected chi connectivity index (χ0v) is 18.8. The average Bonchev–Trinajstić information content (AvgIpc) is 3.61. The van der Waals surface area contributed by atoms with Gasteiger partial charge < -0.3 is 20.7 Å². The normalized spacial score (nSPS) is 13.1. The van der Waals surface area contributed by atoms with Crippen molar-refractivity contribution in [2.75, 3.05) is 30.9 Å². The maximum Gasteiger partial charge on any atom is 0.319 e. The van der Waals surface area contributed by atoms with E-state index < -0.39 is 11.8 Å². The van der Waals surface area contributed by atoms with Crippen LogP contribution in [-0.2, 0) is 9.53 Å². The molecular formula is C24H26FN5O3. The van der Waals surface area contributed by atoms with Crippen LogP contribution in [0.15, 0.2) is 30.5 Å². The molecule has 8 nitrogen and oxygen atoms in total. The lowest BCUT2D eigenvalue weighted by Crippen LogP contribution is -2.31. The number of benzene rings is 1. The van der Waals surface area contributed by atoms with E-state index in [0.29, 0.717) is 30.0 Å². The minimum atomic E-state index is -0.526. The number of nitrogens with zero attached hydrogens (tertiary/aromatic N) is 2. The fourth-order valence-corrected chi connectivity index (χ4v) is 3.57. The number of hydrogen-bond donors (Lipinski definition) is 3. The van der Waals surface area contributed by atoms with E-state index >= 15 is 0 Å². The highest BCUT2D eigenvalue weighted by atomic mass is 19.1. The summed E-state index contributed by atoms with van der Waals surface area (Å²) in [4.78, 5) is 33.1. The molecule has 0 atom stereocenters. The Balaban J connectivity index is 1.62. The van der Waals surface area contributed by atoms with E-state index in [1.165, 1.54) is 13.2 Å². The molecule has 3 N–H and O–H groups in total. The van der Waals surface area contributed by atoms with Crippen molar-refractivity contribution in [2.24, 2.45) is 5.92 Å². The molecular weight excluding hydrogens is 425 g/mol. The van der Waals surface area contributed by atoms with Crippen molar-refractivity contribution in [3.05, 3.63) is 47.5 Å². The molecule has 3 amide bonds. The number of fused-ring (bicyclic) bond motifs is 1. The molecule has 1 saturated carbocycles. The van der Waals surface area contributed by atoms with Gasteiger partial charge in [0.1, 0.15) is 11.6 Å². The largest absolute Gasteiger partial charge is 0.383 e. The molecule has 4 rings (SSSR count). The third-order valence-corrected chi connectivity index (χ3v) is 5.53. The summed E-state index contributed by atoms with van der Waals surface area (Å²) < 4.78 is 19.4. The van der Waals surface area contributed by atoms with Crippen LogP contribution < -0.4 is 16.0 Å². The first-order chi connectivity index (χ1) is 15.9. The third kappa shape index (κ3) is 5.25. The van der Waals surface area contributed by atoms with Gasteiger partial charge in [0.15, 0.2) is 0 Å². The molecule has 1 fully saturated rings. The van der Waals surface area contributed by atoms with Crippen LogP contribution in [-0.4, -0.2) is 42.2 Å². The fraction of sp³-hybridized carbons (Fsp3) is 0.333. The number of aryl methyl sites for hydroxylation is 2. The minimum Gasteiger partial charge on any atom is -0.383 e.